The molecule has 23 heavy (non-hydrogen) atoms. The zero-order valence-corrected chi connectivity index (χ0v) is 16.2. The summed E-state index contributed by atoms with van der Waals surface area (Å²) in [6.45, 7) is 11.9. The fourth-order valence-corrected chi connectivity index (χ4v) is 4.79. The summed E-state index contributed by atoms with van der Waals surface area (Å²) in [6, 6.07) is 11.3. The van der Waals surface area contributed by atoms with Gasteiger partial charge in [0, 0.05) is 41.7 Å². The highest BCUT2D eigenvalue weighted by Crippen LogP contribution is 2.30. The van der Waals surface area contributed by atoms with Crippen molar-refractivity contribution in [3.05, 3.63) is 34.3 Å². The van der Waals surface area contributed by atoms with Crippen LogP contribution in [0.15, 0.2) is 28.7 Å². The minimum Gasteiger partial charge on any atom is -0.317 e. The molecule has 128 valence electrons. The quantitative estimate of drug-likeness (QED) is 0.864. The van der Waals surface area contributed by atoms with E-state index in [1.807, 2.05) is 0 Å². The Hall–Kier alpha value is -0.420. The molecule has 3 nitrogen and oxygen atoms in total. The van der Waals surface area contributed by atoms with E-state index in [2.05, 4.69) is 76.1 Å². The molecule has 0 aromatic heterocycles. The summed E-state index contributed by atoms with van der Waals surface area (Å²) < 4.78 is 1.16. The summed E-state index contributed by atoms with van der Waals surface area (Å²) in [7, 11) is 0. The Morgan fingerprint density at radius 2 is 1.61 bits per heavy atom. The third kappa shape index (κ3) is 3.98. The van der Waals surface area contributed by atoms with E-state index in [0.717, 1.165) is 10.5 Å². The SMILES string of the molecule is C[C@@H]1CN(C2CCNCC2)C[C@@H](C)N1[C@@H](C)c1ccc(Br)cc1. The van der Waals surface area contributed by atoms with Gasteiger partial charge in [0.1, 0.15) is 0 Å². The molecule has 0 aliphatic carbocycles. The van der Waals surface area contributed by atoms with Gasteiger partial charge in [0.2, 0.25) is 0 Å². The van der Waals surface area contributed by atoms with Gasteiger partial charge in [-0.15, -0.1) is 0 Å². The number of hydrogen-bond acceptors (Lipinski definition) is 3. The van der Waals surface area contributed by atoms with Gasteiger partial charge < -0.3 is 5.32 Å². The first-order valence-electron chi connectivity index (χ1n) is 9.04. The second kappa shape index (κ2) is 7.64. The number of piperidine rings is 1. The molecule has 1 aromatic rings. The van der Waals surface area contributed by atoms with Crippen LogP contribution in [0.3, 0.4) is 0 Å². The number of nitrogens with zero attached hydrogens (tertiary/aromatic N) is 2. The normalized spacial score (nSPS) is 29.6. The van der Waals surface area contributed by atoms with Gasteiger partial charge in [0.25, 0.3) is 0 Å². The van der Waals surface area contributed by atoms with Gasteiger partial charge in [0.15, 0.2) is 0 Å². The van der Waals surface area contributed by atoms with Crippen molar-refractivity contribution in [2.24, 2.45) is 0 Å². The molecular weight excluding hydrogens is 350 g/mol. The maximum Gasteiger partial charge on any atom is 0.0326 e. The molecule has 0 bridgehead atoms. The van der Waals surface area contributed by atoms with Gasteiger partial charge in [-0.25, -0.2) is 0 Å². The van der Waals surface area contributed by atoms with Gasteiger partial charge in [-0.3, -0.25) is 9.80 Å². The molecule has 0 unspecified atom stereocenters. The number of halogens is 1. The Kier molecular flexibility index (Phi) is 5.78. The Morgan fingerprint density at radius 1 is 1.04 bits per heavy atom. The number of piperazine rings is 1. The maximum atomic E-state index is 3.54. The first kappa shape index (κ1) is 17.4. The molecule has 0 saturated carbocycles. The molecule has 2 fully saturated rings. The van der Waals surface area contributed by atoms with Crippen molar-refractivity contribution in [2.45, 2.75) is 57.8 Å². The lowest BCUT2D eigenvalue weighted by molar-refractivity contribution is -0.0128. The predicted molar refractivity (Wildman–Crippen MR) is 101 cm³/mol. The zero-order valence-electron chi connectivity index (χ0n) is 14.6. The van der Waals surface area contributed by atoms with E-state index in [-0.39, 0.29) is 0 Å². The number of nitrogens with one attached hydrogen (secondary N) is 1. The van der Waals surface area contributed by atoms with Crippen molar-refractivity contribution in [1.82, 2.24) is 15.1 Å². The minimum absolute atomic E-state index is 0.475. The first-order valence-corrected chi connectivity index (χ1v) is 9.83. The summed E-state index contributed by atoms with van der Waals surface area (Å²) in [4.78, 5) is 5.46. The summed E-state index contributed by atoms with van der Waals surface area (Å²) >= 11 is 3.54. The van der Waals surface area contributed by atoms with Gasteiger partial charge >= 0.3 is 0 Å². The summed E-state index contributed by atoms with van der Waals surface area (Å²) in [6.07, 6.45) is 2.61. The fourth-order valence-electron chi connectivity index (χ4n) is 4.52. The lowest BCUT2D eigenvalue weighted by Gasteiger charge is -2.50. The highest BCUT2D eigenvalue weighted by Gasteiger charge is 2.35. The standard InChI is InChI=1S/C19H30BrN3/c1-14-12-22(19-8-10-21-11-9-19)13-15(2)23(14)16(3)17-4-6-18(20)7-5-17/h4-7,14-16,19,21H,8-13H2,1-3H3/t14-,15-,16+/m1/s1. The summed E-state index contributed by atoms with van der Waals surface area (Å²) in [5.74, 6) is 0. The van der Waals surface area contributed by atoms with E-state index in [4.69, 9.17) is 0 Å². The van der Waals surface area contributed by atoms with Gasteiger partial charge in [0.05, 0.1) is 0 Å². The molecule has 2 aliphatic heterocycles. The minimum atomic E-state index is 0.475. The lowest BCUT2D eigenvalue weighted by Crippen LogP contribution is -2.60. The third-order valence-electron chi connectivity index (χ3n) is 5.64. The average Bonchev–Trinajstić information content (AvgIpc) is 2.55. The van der Waals surface area contributed by atoms with Crippen LogP contribution in [0, 0.1) is 0 Å². The number of benzene rings is 1. The van der Waals surface area contributed by atoms with E-state index in [9.17, 15) is 0 Å². The topological polar surface area (TPSA) is 18.5 Å². The van der Waals surface area contributed by atoms with E-state index < -0.39 is 0 Å². The Labute approximate surface area is 149 Å². The average molecular weight is 380 g/mol. The van der Waals surface area contributed by atoms with Crippen molar-refractivity contribution >= 4 is 15.9 Å². The highest BCUT2D eigenvalue weighted by molar-refractivity contribution is 9.10. The van der Waals surface area contributed by atoms with Crippen LogP contribution in [-0.4, -0.2) is 54.1 Å². The third-order valence-corrected chi connectivity index (χ3v) is 6.17. The van der Waals surface area contributed by atoms with Crippen LogP contribution < -0.4 is 5.32 Å². The molecule has 0 amide bonds. The van der Waals surface area contributed by atoms with Crippen molar-refractivity contribution < 1.29 is 0 Å². The molecule has 1 aromatic carbocycles. The Morgan fingerprint density at radius 3 is 2.17 bits per heavy atom. The van der Waals surface area contributed by atoms with E-state index in [1.165, 1.54) is 44.6 Å². The smallest absolute Gasteiger partial charge is 0.0326 e. The molecule has 2 aliphatic rings. The van der Waals surface area contributed by atoms with Crippen LogP contribution in [-0.2, 0) is 0 Å². The van der Waals surface area contributed by atoms with Gasteiger partial charge in [-0.2, -0.15) is 0 Å². The molecule has 2 saturated heterocycles. The maximum absolute atomic E-state index is 3.54. The zero-order chi connectivity index (χ0) is 16.4. The van der Waals surface area contributed by atoms with Crippen LogP contribution in [0.2, 0.25) is 0 Å². The first-order chi connectivity index (χ1) is 11.1. The Bertz CT molecular complexity index is 486. The van der Waals surface area contributed by atoms with Crippen LogP contribution in [0.25, 0.3) is 0 Å². The molecule has 2 heterocycles. The molecule has 0 radical (unpaired) electrons. The van der Waals surface area contributed by atoms with Crippen molar-refractivity contribution in [3.8, 4) is 0 Å². The van der Waals surface area contributed by atoms with Crippen molar-refractivity contribution in [1.29, 1.82) is 0 Å². The largest absolute Gasteiger partial charge is 0.317 e. The summed E-state index contributed by atoms with van der Waals surface area (Å²) in [5.41, 5.74) is 1.42. The molecule has 4 heteroatoms. The highest BCUT2D eigenvalue weighted by atomic mass is 79.9. The second-order valence-electron chi connectivity index (χ2n) is 7.31. The van der Waals surface area contributed by atoms with Crippen LogP contribution >= 0.6 is 15.9 Å². The molecule has 3 rings (SSSR count). The summed E-state index contributed by atoms with van der Waals surface area (Å²) in [5, 5.41) is 3.49. The van der Waals surface area contributed by atoms with E-state index >= 15 is 0 Å². The number of rotatable bonds is 3. The Balaban J connectivity index is 1.68. The second-order valence-corrected chi connectivity index (χ2v) is 8.22. The van der Waals surface area contributed by atoms with Crippen LogP contribution in [0.1, 0.15) is 45.2 Å². The van der Waals surface area contributed by atoms with E-state index in [1.54, 1.807) is 0 Å². The monoisotopic (exact) mass is 379 g/mol. The number of hydrogen-bond donors (Lipinski definition) is 1. The predicted octanol–water partition coefficient (Wildman–Crippen LogP) is 3.66. The van der Waals surface area contributed by atoms with Gasteiger partial charge in [-0.1, -0.05) is 28.1 Å². The van der Waals surface area contributed by atoms with E-state index in [0.29, 0.717) is 18.1 Å². The molecule has 3 atom stereocenters. The molecule has 0 spiro atoms. The lowest BCUT2D eigenvalue weighted by atomic mass is 9.96. The van der Waals surface area contributed by atoms with Crippen LogP contribution in [0.5, 0.6) is 0 Å². The van der Waals surface area contributed by atoms with Crippen molar-refractivity contribution in [3.63, 3.8) is 0 Å². The fraction of sp³-hybridized carbons (Fsp3) is 0.684. The van der Waals surface area contributed by atoms with Crippen LogP contribution in [0.4, 0.5) is 0 Å². The van der Waals surface area contributed by atoms with Gasteiger partial charge in [-0.05, 0) is 64.4 Å². The molecule has 1 N–H and O–H groups in total. The molecular formula is C19H30BrN3. The van der Waals surface area contributed by atoms with Crippen molar-refractivity contribution in [2.75, 3.05) is 26.2 Å².